The van der Waals surface area contributed by atoms with E-state index in [1.54, 1.807) is 0 Å². The van der Waals surface area contributed by atoms with Gasteiger partial charge in [0.25, 0.3) is 0 Å². The van der Waals surface area contributed by atoms with E-state index in [9.17, 15) is 9.59 Å². The van der Waals surface area contributed by atoms with Crippen LogP contribution >= 0.6 is 15.9 Å². The third-order valence-corrected chi connectivity index (χ3v) is 2.63. The summed E-state index contributed by atoms with van der Waals surface area (Å²) in [5, 5.41) is 11.0. The number of nitrogens with one attached hydrogen (secondary N) is 1. The molecule has 1 aromatic rings. The van der Waals surface area contributed by atoms with Crippen LogP contribution in [0.1, 0.15) is 18.5 Å². The van der Waals surface area contributed by atoms with Gasteiger partial charge in [0, 0.05) is 16.6 Å². The maximum Gasteiger partial charge on any atom is 0.328 e. The normalized spacial score (nSPS) is 12.4. The lowest BCUT2D eigenvalue weighted by atomic mass is 10.1. The number of carbonyl (C=O) groups is 2. The molecule has 0 radical (unpaired) electrons. The predicted octanol–water partition coefficient (Wildman–Crippen LogP) is 2.27. The van der Waals surface area contributed by atoms with E-state index >= 15 is 0 Å². The van der Waals surface area contributed by atoms with Gasteiger partial charge in [-0.25, -0.2) is 4.79 Å². The molecule has 1 aromatic carbocycles. The number of carboxylic acids is 1. The monoisotopic (exact) mass is 297 g/mol. The van der Waals surface area contributed by atoms with Gasteiger partial charge in [0.15, 0.2) is 0 Å². The fourth-order valence-corrected chi connectivity index (χ4v) is 1.51. The van der Waals surface area contributed by atoms with Gasteiger partial charge in [-0.1, -0.05) is 28.1 Å². The summed E-state index contributed by atoms with van der Waals surface area (Å²) in [4.78, 5) is 21.6. The second kappa shape index (κ2) is 6.20. The van der Waals surface area contributed by atoms with Gasteiger partial charge in [-0.2, -0.15) is 0 Å². The minimum absolute atomic E-state index is 0.172. The van der Waals surface area contributed by atoms with Crippen molar-refractivity contribution in [1.29, 1.82) is 0 Å². The summed E-state index contributed by atoms with van der Waals surface area (Å²) in [6.45, 7) is 1.83. The summed E-state index contributed by atoms with van der Waals surface area (Å²) < 4.78 is 0.963. The number of aliphatic carboxylic acids is 1. The zero-order valence-corrected chi connectivity index (χ0v) is 10.8. The highest BCUT2D eigenvalue weighted by atomic mass is 79.9. The Labute approximate surface area is 107 Å². The third-order valence-electron chi connectivity index (χ3n) is 2.11. The number of rotatable bonds is 4. The lowest BCUT2D eigenvalue weighted by Crippen LogP contribution is -2.24. The first-order chi connectivity index (χ1) is 7.99. The summed E-state index contributed by atoms with van der Waals surface area (Å²) in [7, 11) is 0. The first-order valence-electron chi connectivity index (χ1n) is 4.96. The van der Waals surface area contributed by atoms with Crippen molar-refractivity contribution in [3.05, 3.63) is 46.5 Å². The van der Waals surface area contributed by atoms with Crippen molar-refractivity contribution >= 4 is 27.8 Å². The van der Waals surface area contributed by atoms with Crippen molar-refractivity contribution in [2.45, 2.75) is 13.0 Å². The third kappa shape index (κ3) is 4.82. The molecule has 0 bridgehead atoms. The molecule has 1 unspecified atom stereocenters. The van der Waals surface area contributed by atoms with Gasteiger partial charge >= 0.3 is 5.97 Å². The first kappa shape index (κ1) is 13.4. The molecule has 0 fully saturated rings. The molecule has 5 heteroatoms. The second-order valence-corrected chi connectivity index (χ2v) is 4.37. The van der Waals surface area contributed by atoms with Gasteiger partial charge in [-0.05, 0) is 24.6 Å². The van der Waals surface area contributed by atoms with Crippen LogP contribution in [0.2, 0.25) is 0 Å². The van der Waals surface area contributed by atoms with Crippen LogP contribution in [0, 0.1) is 0 Å². The van der Waals surface area contributed by atoms with Gasteiger partial charge in [-0.3, -0.25) is 4.79 Å². The van der Waals surface area contributed by atoms with Gasteiger partial charge < -0.3 is 10.4 Å². The van der Waals surface area contributed by atoms with Crippen molar-refractivity contribution in [1.82, 2.24) is 5.32 Å². The highest BCUT2D eigenvalue weighted by Crippen LogP contribution is 2.16. The van der Waals surface area contributed by atoms with Gasteiger partial charge in [0.2, 0.25) is 5.91 Å². The lowest BCUT2D eigenvalue weighted by Gasteiger charge is -2.12. The van der Waals surface area contributed by atoms with E-state index in [-0.39, 0.29) is 6.04 Å². The van der Waals surface area contributed by atoms with E-state index in [1.807, 2.05) is 31.2 Å². The van der Waals surface area contributed by atoms with E-state index in [0.29, 0.717) is 0 Å². The highest BCUT2D eigenvalue weighted by molar-refractivity contribution is 9.10. The molecular weight excluding hydrogens is 286 g/mol. The zero-order chi connectivity index (χ0) is 12.8. The Balaban J connectivity index is 2.60. The molecule has 1 atom stereocenters. The summed E-state index contributed by atoms with van der Waals surface area (Å²) in [6.07, 6.45) is 1.81. The zero-order valence-electron chi connectivity index (χ0n) is 9.18. The molecule has 0 aliphatic carbocycles. The van der Waals surface area contributed by atoms with Gasteiger partial charge in [0.05, 0.1) is 6.04 Å². The second-order valence-electron chi connectivity index (χ2n) is 3.45. The lowest BCUT2D eigenvalue weighted by molar-refractivity contribution is -0.131. The van der Waals surface area contributed by atoms with E-state index in [0.717, 1.165) is 22.2 Å². The van der Waals surface area contributed by atoms with Crippen LogP contribution in [0.25, 0.3) is 0 Å². The summed E-state index contributed by atoms with van der Waals surface area (Å²) in [5.74, 6) is -1.57. The van der Waals surface area contributed by atoms with Crippen molar-refractivity contribution in [3.63, 3.8) is 0 Å². The van der Waals surface area contributed by atoms with Crippen molar-refractivity contribution in [2.24, 2.45) is 0 Å². The Morgan fingerprint density at radius 1 is 1.29 bits per heavy atom. The van der Waals surface area contributed by atoms with Crippen LogP contribution in [-0.2, 0) is 9.59 Å². The van der Waals surface area contributed by atoms with E-state index in [4.69, 9.17) is 5.11 Å². The number of carboxylic acid groups (broad SMARTS) is 1. The predicted molar refractivity (Wildman–Crippen MR) is 67.5 cm³/mol. The fraction of sp³-hybridized carbons (Fsp3) is 0.167. The Morgan fingerprint density at radius 3 is 2.41 bits per heavy atom. The van der Waals surface area contributed by atoms with E-state index in [2.05, 4.69) is 21.2 Å². The number of hydrogen-bond donors (Lipinski definition) is 2. The minimum atomic E-state index is -1.14. The van der Waals surface area contributed by atoms with Crippen LogP contribution in [0.5, 0.6) is 0 Å². The molecule has 0 spiro atoms. The average molecular weight is 298 g/mol. The summed E-state index contributed by atoms with van der Waals surface area (Å²) >= 11 is 3.32. The SMILES string of the molecule is CC(NC(=O)/C=C/C(=O)O)c1ccc(Br)cc1. The Hall–Kier alpha value is -1.62. The van der Waals surface area contributed by atoms with Crippen molar-refractivity contribution in [2.75, 3.05) is 0 Å². The molecular formula is C12H12BrNO3. The molecule has 0 aromatic heterocycles. The van der Waals surface area contributed by atoms with Crippen LogP contribution < -0.4 is 5.32 Å². The number of hydrogen-bond acceptors (Lipinski definition) is 2. The van der Waals surface area contributed by atoms with Crippen LogP contribution in [-0.4, -0.2) is 17.0 Å². The van der Waals surface area contributed by atoms with Crippen molar-refractivity contribution in [3.8, 4) is 0 Å². The minimum Gasteiger partial charge on any atom is -0.478 e. The first-order valence-corrected chi connectivity index (χ1v) is 5.75. The van der Waals surface area contributed by atoms with Crippen LogP contribution in [0.15, 0.2) is 40.9 Å². The highest BCUT2D eigenvalue weighted by Gasteiger charge is 2.07. The van der Waals surface area contributed by atoms with Crippen LogP contribution in [0.4, 0.5) is 0 Å². The Bertz CT molecular complexity index is 440. The molecule has 0 saturated heterocycles. The average Bonchev–Trinajstić information content (AvgIpc) is 2.27. The van der Waals surface area contributed by atoms with Crippen LogP contribution in [0.3, 0.4) is 0 Å². The molecule has 1 amide bonds. The molecule has 0 saturated carbocycles. The quantitative estimate of drug-likeness (QED) is 0.838. The summed E-state index contributed by atoms with van der Waals surface area (Å²) in [6, 6.07) is 7.36. The fourth-order valence-electron chi connectivity index (χ4n) is 1.24. The molecule has 0 aliphatic rings. The smallest absolute Gasteiger partial charge is 0.328 e. The molecule has 90 valence electrons. The number of benzene rings is 1. The molecule has 17 heavy (non-hydrogen) atoms. The maximum atomic E-state index is 11.3. The van der Waals surface area contributed by atoms with Gasteiger partial charge in [-0.15, -0.1) is 0 Å². The number of carbonyl (C=O) groups excluding carboxylic acids is 1. The van der Waals surface area contributed by atoms with Gasteiger partial charge in [0.1, 0.15) is 0 Å². The largest absolute Gasteiger partial charge is 0.478 e. The molecule has 1 rings (SSSR count). The topological polar surface area (TPSA) is 66.4 Å². The molecule has 2 N–H and O–H groups in total. The van der Waals surface area contributed by atoms with E-state index in [1.165, 1.54) is 0 Å². The number of amides is 1. The molecule has 0 heterocycles. The Kier molecular flexibility index (Phi) is 4.90. The molecule has 4 nitrogen and oxygen atoms in total. The summed E-state index contributed by atoms with van der Waals surface area (Å²) in [5.41, 5.74) is 0.949. The van der Waals surface area contributed by atoms with Crippen molar-refractivity contribution < 1.29 is 14.7 Å². The standard InChI is InChI=1S/C12H12BrNO3/c1-8(9-2-4-10(13)5-3-9)14-11(15)6-7-12(16)17/h2-8H,1H3,(H,14,15)(H,16,17)/b7-6+. The number of halogens is 1. The molecule has 0 aliphatic heterocycles. The Morgan fingerprint density at radius 2 is 1.88 bits per heavy atom. The van der Waals surface area contributed by atoms with E-state index < -0.39 is 11.9 Å². The maximum absolute atomic E-state index is 11.3.